The molecule has 2 aromatic rings. The van der Waals surface area contributed by atoms with Crippen LogP contribution in [0.3, 0.4) is 0 Å². The van der Waals surface area contributed by atoms with Gasteiger partial charge in [-0.2, -0.15) is 0 Å². The number of anilines is 1. The molecule has 36 heavy (non-hydrogen) atoms. The maximum atomic E-state index is 13.1. The van der Waals surface area contributed by atoms with Crippen LogP contribution in [-0.4, -0.2) is 53.8 Å². The van der Waals surface area contributed by atoms with Gasteiger partial charge in [0.05, 0.1) is 28.3 Å². The first-order chi connectivity index (χ1) is 17.4. The fourth-order valence-corrected chi connectivity index (χ4v) is 5.02. The average molecular weight is 521 g/mol. The number of carbonyl (C=O) groups is 1. The number of terminal acetylenes is 1. The van der Waals surface area contributed by atoms with Gasteiger partial charge in [0.1, 0.15) is 19.3 Å². The zero-order valence-corrected chi connectivity index (χ0v) is 21.6. The van der Waals surface area contributed by atoms with E-state index in [0.717, 1.165) is 31.5 Å². The van der Waals surface area contributed by atoms with Crippen molar-refractivity contribution in [1.29, 1.82) is 0 Å². The molecule has 0 saturated carbocycles. The zero-order valence-electron chi connectivity index (χ0n) is 20.0. The summed E-state index contributed by atoms with van der Waals surface area (Å²) in [4.78, 5) is 17.5. The van der Waals surface area contributed by atoms with Crippen LogP contribution in [0.15, 0.2) is 70.2 Å². The van der Waals surface area contributed by atoms with Crippen molar-refractivity contribution in [1.82, 2.24) is 0 Å². The molecule has 1 saturated heterocycles. The number of hydrogen-bond acceptors (Lipinski definition) is 3. The van der Waals surface area contributed by atoms with Crippen LogP contribution < -0.4 is 5.32 Å². The van der Waals surface area contributed by atoms with Gasteiger partial charge in [-0.15, -0.1) is 6.42 Å². The van der Waals surface area contributed by atoms with Gasteiger partial charge in [0.25, 0.3) is 5.91 Å². The number of nitrogens with zero attached hydrogens (tertiary/aromatic N) is 2. The van der Waals surface area contributed by atoms with Gasteiger partial charge >= 0.3 is 0 Å². The molecular weight excluding hydrogens is 493 g/mol. The summed E-state index contributed by atoms with van der Waals surface area (Å²) in [5.74, 6) is 2.51. The van der Waals surface area contributed by atoms with Crippen LogP contribution in [0.5, 0.6) is 0 Å². The lowest BCUT2D eigenvalue weighted by atomic mass is 9.96. The summed E-state index contributed by atoms with van der Waals surface area (Å²) in [5, 5.41) is 13.6. The monoisotopic (exact) mass is 520 g/mol. The first kappa shape index (κ1) is 25.9. The van der Waals surface area contributed by atoms with Gasteiger partial charge in [0, 0.05) is 47.3 Å². The number of aliphatic imine (C=N–C) groups is 1. The van der Waals surface area contributed by atoms with Crippen LogP contribution in [0.25, 0.3) is 0 Å². The first-order valence-electron chi connectivity index (χ1n) is 11.9. The Balaban J connectivity index is 1.50. The standard InChI is InChI=1S/C29H27Cl2N3O2/c1-3-20-6-4-5-7-23(20)28(32-2)25-17-21(9-11-26(25)30)33-29(36)24-10-8-19(16-27(24)31)18-34-14-12-22(35)13-15-34/h1,4-7,9-11,16-19,22,35H,8,12-15H2,2H3/p+1. The van der Waals surface area contributed by atoms with Crippen molar-refractivity contribution in [2.75, 3.05) is 25.5 Å². The fraction of sp³-hybridized carbons (Fsp3) is 0.276. The number of benzene rings is 2. The number of rotatable bonds is 5. The second-order valence-electron chi connectivity index (χ2n) is 8.86. The predicted molar refractivity (Wildman–Crippen MR) is 147 cm³/mol. The number of hydrogen-bond donors (Lipinski definition) is 2. The van der Waals surface area contributed by atoms with E-state index >= 15 is 0 Å². The summed E-state index contributed by atoms with van der Waals surface area (Å²) < 4.78 is 2.22. The second-order valence-corrected chi connectivity index (χ2v) is 9.67. The third-order valence-corrected chi connectivity index (χ3v) is 7.06. The smallest absolute Gasteiger partial charge is 0.256 e. The maximum Gasteiger partial charge on any atom is 0.256 e. The Kier molecular flexibility index (Phi) is 8.43. The molecule has 1 aliphatic heterocycles. The normalized spacial score (nSPS) is 20.2. The highest BCUT2D eigenvalue weighted by atomic mass is 35.5. The number of allylic oxidation sites excluding steroid dienone is 2. The number of halogens is 2. The van der Waals surface area contributed by atoms with Crippen molar-refractivity contribution in [2.24, 2.45) is 10.9 Å². The van der Waals surface area contributed by atoms with Gasteiger partial charge in [0.2, 0.25) is 0 Å². The molecule has 184 valence electrons. The summed E-state index contributed by atoms with van der Waals surface area (Å²) in [6.07, 6.45) is 13.6. The lowest BCUT2D eigenvalue weighted by molar-refractivity contribution is -0.539. The van der Waals surface area contributed by atoms with E-state index in [4.69, 9.17) is 29.6 Å². The van der Waals surface area contributed by atoms with Crippen LogP contribution in [0.1, 0.15) is 36.0 Å². The van der Waals surface area contributed by atoms with Crippen molar-refractivity contribution in [3.63, 3.8) is 0 Å². The molecule has 1 amide bonds. The van der Waals surface area contributed by atoms with Crippen LogP contribution in [0.2, 0.25) is 5.02 Å². The molecule has 1 atom stereocenters. The van der Waals surface area contributed by atoms with E-state index < -0.39 is 0 Å². The number of nitrogens with one attached hydrogen (secondary N) is 1. The lowest BCUT2D eigenvalue weighted by Crippen LogP contribution is -2.31. The number of aliphatic hydroxyl groups is 1. The topological polar surface area (TPSA) is 64.7 Å². The Hall–Kier alpha value is -3.17. The molecule has 1 heterocycles. The summed E-state index contributed by atoms with van der Waals surface area (Å²) in [7, 11) is 1.68. The Morgan fingerprint density at radius 2 is 1.94 bits per heavy atom. The SMILES string of the molecule is C#Cc1ccccc1C(=NC)c1cc(NC(=O)C2=CCC(C=[N+]3CCC(O)CC3)C=C2Cl)ccc1Cl. The Bertz CT molecular complexity index is 1320. The van der Waals surface area contributed by atoms with Crippen molar-refractivity contribution < 1.29 is 14.5 Å². The van der Waals surface area contributed by atoms with Crippen LogP contribution in [0, 0.1) is 18.3 Å². The fourth-order valence-electron chi connectivity index (χ4n) is 4.49. The summed E-state index contributed by atoms with van der Waals surface area (Å²) >= 11 is 13.0. The molecule has 0 bridgehead atoms. The third-order valence-electron chi connectivity index (χ3n) is 6.40. The maximum absolute atomic E-state index is 13.1. The first-order valence-corrected chi connectivity index (χ1v) is 12.6. The molecule has 4 rings (SSSR count). The number of carbonyl (C=O) groups excluding carboxylic acids is 1. The molecule has 7 heteroatoms. The van der Waals surface area contributed by atoms with Crippen molar-refractivity contribution in [2.45, 2.75) is 25.4 Å². The minimum absolute atomic E-state index is 0.117. The molecule has 5 nitrogen and oxygen atoms in total. The van der Waals surface area contributed by atoms with E-state index in [9.17, 15) is 9.90 Å². The number of amides is 1. The zero-order chi connectivity index (χ0) is 25.7. The van der Waals surface area contributed by atoms with Crippen LogP contribution in [0.4, 0.5) is 5.69 Å². The van der Waals surface area contributed by atoms with Gasteiger partial charge in [0.15, 0.2) is 0 Å². The van der Waals surface area contributed by atoms with Gasteiger partial charge < -0.3 is 10.4 Å². The Morgan fingerprint density at radius 1 is 1.19 bits per heavy atom. The lowest BCUT2D eigenvalue weighted by Gasteiger charge is -2.19. The van der Waals surface area contributed by atoms with E-state index in [1.807, 2.05) is 36.4 Å². The Morgan fingerprint density at radius 3 is 2.64 bits per heavy atom. The third kappa shape index (κ3) is 5.96. The van der Waals surface area contributed by atoms with Crippen LogP contribution >= 0.6 is 23.2 Å². The van der Waals surface area contributed by atoms with Crippen molar-refractivity contribution in [3.8, 4) is 12.3 Å². The average Bonchev–Trinajstić information content (AvgIpc) is 2.88. The highest BCUT2D eigenvalue weighted by molar-refractivity contribution is 6.37. The quantitative estimate of drug-likeness (QED) is 0.329. The van der Waals surface area contributed by atoms with E-state index in [2.05, 4.69) is 27.0 Å². The summed E-state index contributed by atoms with van der Waals surface area (Å²) in [5.41, 5.74) is 3.82. The van der Waals surface area contributed by atoms with E-state index in [-0.39, 0.29) is 17.9 Å². The highest BCUT2D eigenvalue weighted by Crippen LogP contribution is 2.29. The number of aliphatic hydroxyl groups excluding tert-OH is 1. The van der Waals surface area contributed by atoms with Gasteiger partial charge in [-0.05, 0) is 30.7 Å². The molecular formula is C29H28Cl2N3O2+. The molecule has 0 spiro atoms. The minimum Gasteiger partial charge on any atom is -0.393 e. The summed E-state index contributed by atoms with van der Waals surface area (Å²) in [6, 6.07) is 12.8. The largest absolute Gasteiger partial charge is 0.393 e. The predicted octanol–water partition coefficient (Wildman–Crippen LogP) is 5.03. The molecule has 1 fully saturated rings. The van der Waals surface area contributed by atoms with E-state index in [0.29, 0.717) is 44.6 Å². The van der Waals surface area contributed by atoms with Gasteiger partial charge in [-0.25, -0.2) is 4.58 Å². The van der Waals surface area contributed by atoms with Crippen LogP contribution in [-0.2, 0) is 4.79 Å². The molecule has 2 aromatic carbocycles. The van der Waals surface area contributed by atoms with E-state index in [1.54, 1.807) is 25.2 Å². The minimum atomic E-state index is -0.289. The molecule has 2 N–H and O–H groups in total. The molecule has 1 unspecified atom stereocenters. The van der Waals surface area contributed by atoms with Gasteiger partial charge in [-0.1, -0.05) is 59.5 Å². The van der Waals surface area contributed by atoms with Gasteiger partial charge in [-0.3, -0.25) is 9.79 Å². The molecule has 2 aliphatic rings. The second kappa shape index (κ2) is 11.7. The molecule has 1 aliphatic carbocycles. The van der Waals surface area contributed by atoms with Crippen molar-refractivity contribution in [3.05, 3.63) is 86.9 Å². The number of piperidine rings is 1. The Labute approximate surface area is 221 Å². The van der Waals surface area contributed by atoms with Crippen molar-refractivity contribution >= 4 is 46.7 Å². The van der Waals surface area contributed by atoms with E-state index in [1.165, 1.54) is 0 Å². The highest BCUT2D eigenvalue weighted by Gasteiger charge is 2.24. The molecule has 0 aromatic heterocycles. The summed E-state index contributed by atoms with van der Waals surface area (Å²) in [6.45, 7) is 1.65. The molecule has 0 radical (unpaired) electrons.